The highest BCUT2D eigenvalue weighted by Gasteiger charge is 2.69. The Morgan fingerprint density at radius 2 is 1.73 bits per heavy atom. The largest absolute Gasteiger partial charge is 0.481 e. The quantitative estimate of drug-likeness (QED) is 0.261. The van der Waals surface area contributed by atoms with Crippen molar-refractivity contribution in [2.45, 2.75) is 125 Å². The van der Waals surface area contributed by atoms with Gasteiger partial charge < -0.3 is 15.3 Å². The number of nitrogens with one attached hydrogen (secondary N) is 1. The van der Waals surface area contributed by atoms with E-state index in [0.717, 1.165) is 79.2 Å². The van der Waals surface area contributed by atoms with Crippen molar-refractivity contribution in [2.24, 2.45) is 50.7 Å². The summed E-state index contributed by atoms with van der Waals surface area (Å²) in [7, 11) is 0.774. The Labute approximate surface area is 318 Å². The van der Waals surface area contributed by atoms with Gasteiger partial charge in [0.2, 0.25) is 0 Å². The number of hydrogen-bond donors (Lipinski definition) is 2. The Kier molecular flexibility index (Phi) is 10.2. The summed E-state index contributed by atoms with van der Waals surface area (Å²) in [6.07, 6.45) is 14.4. The van der Waals surface area contributed by atoms with Gasteiger partial charge in [-0.15, -0.1) is 0 Å². The first-order valence-electron chi connectivity index (χ1n) is 20.4. The first-order chi connectivity index (χ1) is 24.5. The van der Waals surface area contributed by atoms with Crippen LogP contribution >= 0.6 is 0 Å². The van der Waals surface area contributed by atoms with Crippen molar-refractivity contribution in [3.63, 3.8) is 0 Å². The fourth-order valence-electron chi connectivity index (χ4n) is 13.9. The molecule has 1 saturated heterocycles. The van der Waals surface area contributed by atoms with E-state index in [0.29, 0.717) is 42.8 Å². The highest BCUT2D eigenvalue weighted by atomic mass is 32.8. The molecule has 6 nitrogen and oxygen atoms in total. The summed E-state index contributed by atoms with van der Waals surface area (Å²) in [5.41, 5.74) is 4.13. The van der Waals surface area contributed by atoms with E-state index in [-0.39, 0.29) is 49.0 Å². The number of ketones is 1. The number of carboxylic acids is 1. The maximum absolute atomic E-state index is 14.0. The van der Waals surface area contributed by atoms with Crippen molar-refractivity contribution in [1.29, 1.82) is 0 Å². The van der Waals surface area contributed by atoms with E-state index in [1.54, 1.807) is 0 Å². The molecular weight excluding hydrogens is 692 g/mol. The van der Waals surface area contributed by atoms with E-state index in [4.69, 9.17) is 0 Å². The summed E-state index contributed by atoms with van der Waals surface area (Å²) >= 11 is 0. The van der Waals surface area contributed by atoms with Crippen molar-refractivity contribution in [2.75, 3.05) is 44.4 Å². The Morgan fingerprint density at radius 3 is 2.35 bits per heavy atom. The van der Waals surface area contributed by atoms with E-state index < -0.39 is 18.1 Å². The number of carboxylic acid groups (broad SMARTS) is 1. The van der Waals surface area contributed by atoms with Gasteiger partial charge in [-0.2, -0.15) is 0 Å². The van der Waals surface area contributed by atoms with Gasteiger partial charge in [0.25, 0.3) is 0 Å². The SMILES string of the molecule is CC(C)C1=C2[C@H]3CC[C@@H]4[C@@]5(C)CC=C(C6=CC[C@](CF)(C(=O)O)CC6)C(C)(C)[C@@H]5CC[C@@]4(C)[C@]3(C)CC[C@@]2(NCCN2CCS(=S=O)CC2)CC1=O. The van der Waals surface area contributed by atoms with Gasteiger partial charge in [0.1, 0.15) is 16.9 Å². The van der Waals surface area contributed by atoms with Crippen molar-refractivity contribution >= 4 is 31.4 Å². The van der Waals surface area contributed by atoms with Gasteiger partial charge in [0.05, 0.1) is 5.41 Å². The van der Waals surface area contributed by atoms with Gasteiger partial charge >= 0.3 is 5.97 Å². The summed E-state index contributed by atoms with van der Waals surface area (Å²) in [6.45, 7) is 20.2. The summed E-state index contributed by atoms with van der Waals surface area (Å²) in [5.74, 6) is 3.10. The van der Waals surface area contributed by atoms with Crippen molar-refractivity contribution in [1.82, 2.24) is 10.2 Å². The molecule has 8 atom stereocenters. The summed E-state index contributed by atoms with van der Waals surface area (Å²) in [4.78, 5) is 28.5. The van der Waals surface area contributed by atoms with E-state index in [1.165, 1.54) is 36.0 Å². The first-order valence-corrected chi connectivity index (χ1v) is 23.3. The number of rotatable bonds is 8. The number of Topliss-reactive ketones (excluding diaryl/α,β-unsaturated/α-hetero) is 1. The molecule has 0 aromatic carbocycles. The minimum Gasteiger partial charge on any atom is -0.481 e. The van der Waals surface area contributed by atoms with Gasteiger partial charge in [0.15, 0.2) is 5.78 Å². The lowest BCUT2D eigenvalue weighted by Gasteiger charge is -2.71. The van der Waals surface area contributed by atoms with Crippen LogP contribution in [0.5, 0.6) is 0 Å². The molecule has 52 heavy (non-hydrogen) atoms. The third kappa shape index (κ3) is 5.73. The zero-order valence-corrected chi connectivity index (χ0v) is 34.6. The van der Waals surface area contributed by atoms with Gasteiger partial charge in [-0.05, 0) is 132 Å². The number of alkyl halides is 1. The molecule has 7 aliphatic rings. The van der Waals surface area contributed by atoms with E-state index >= 15 is 0 Å². The molecule has 1 aliphatic heterocycles. The standard InChI is InChI=1S/C43H65FN2O4S2/c1-28(2)35-32(47)26-43(45-20-21-46-22-24-52(51-50)25-23-46)19-18-40(6)31(36(35)43)8-9-34-39(5)14-12-30(38(3,4)33(39)13-15-41(34,40)7)29-10-16-42(27-44,17-11-29)37(48)49/h10,12,28,31,33-34,45H,8-9,11,13-27H2,1-7H3,(H,48,49)/t31-,33+,34-,39+,40-,41-,42+,43-/m1/s1. The number of nitrogens with zero attached hydrogens (tertiary/aromatic N) is 1. The molecular formula is C43H65FN2O4S2. The predicted octanol–water partition coefficient (Wildman–Crippen LogP) is 8.06. The lowest BCUT2D eigenvalue weighted by molar-refractivity contribution is -0.196. The van der Waals surface area contributed by atoms with Crippen LogP contribution in [0.25, 0.3) is 0 Å². The number of halogens is 1. The van der Waals surface area contributed by atoms with Gasteiger partial charge in [-0.25, -0.2) is 8.60 Å². The average molecular weight is 757 g/mol. The smallest absolute Gasteiger partial charge is 0.312 e. The van der Waals surface area contributed by atoms with E-state index in [1.807, 2.05) is 0 Å². The van der Waals surface area contributed by atoms with Crippen molar-refractivity contribution in [3.8, 4) is 0 Å². The van der Waals surface area contributed by atoms with Crippen LogP contribution in [0.3, 0.4) is 0 Å². The van der Waals surface area contributed by atoms with Crippen molar-refractivity contribution in [3.05, 3.63) is 34.4 Å². The normalized spacial score (nSPS) is 42.2. The number of carbonyl (C=O) groups excluding carboxylic acids is 1. The van der Waals surface area contributed by atoms with Crippen LogP contribution in [-0.2, 0) is 29.3 Å². The van der Waals surface area contributed by atoms with Gasteiger partial charge in [-0.3, -0.25) is 9.59 Å². The molecule has 0 amide bonds. The Hall–Kier alpha value is -1.42. The van der Waals surface area contributed by atoms with E-state index in [2.05, 4.69) is 70.8 Å². The zero-order chi connectivity index (χ0) is 37.5. The highest BCUT2D eigenvalue weighted by Crippen LogP contribution is 2.76. The van der Waals surface area contributed by atoms with Crippen LogP contribution in [0.4, 0.5) is 4.39 Å². The molecule has 4 fully saturated rings. The second-order valence-electron chi connectivity index (χ2n) is 19.7. The highest BCUT2D eigenvalue weighted by molar-refractivity contribution is 8.31. The van der Waals surface area contributed by atoms with E-state index in [9.17, 15) is 23.3 Å². The predicted molar refractivity (Wildman–Crippen MR) is 211 cm³/mol. The number of aliphatic carboxylic acids is 1. The van der Waals surface area contributed by atoms with Crippen LogP contribution in [-0.4, -0.2) is 75.9 Å². The van der Waals surface area contributed by atoms with Crippen molar-refractivity contribution < 1.29 is 23.3 Å². The van der Waals surface area contributed by atoms with Gasteiger partial charge in [0, 0.05) is 49.6 Å². The lowest BCUT2D eigenvalue weighted by Crippen LogP contribution is -2.66. The average Bonchev–Trinajstić information content (AvgIpc) is 3.40. The molecule has 7 rings (SSSR count). The maximum Gasteiger partial charge on any atom is 0.312 e. The van der Waals surface area contributed by atoms with Crippen LogP contribution in [0.1, 0.15) is 119 Å². The first kappa shape index (κ1) is 38.8. The molecule has 290 valence electrons. The zero-order valence-electron chi connectivity index (χ0n) is 33.0. The third-order valence-corrected chi connectivity index (χ3v) is 20.0. The number of fused-ring (bicyclic) bond motifs is 7. The molecule has 9 heteroatoms. The topological polar surface area (TPSA) is 86.7 Å². The fraction of sp³-hybridized carbons (Fsp3) is 0.814. The number of allylic oxidation sites excluding steroid dienone is 5. The molecule has 2 N–H and O–H groups in total. The fourth-order valence-corrected chi connectivity index (χ4v) is 16.0. The molecule has 0 unspecified atom stereocenters. The summed E-state index contributed by atoms with van der Waals surface area (Å²) in [5, 5.41) is 13.9. The number of hydrogen-bond acceptors (Lipinski definition) is 5. The lowest BCUT2D eigenvalue weighted by atomic mass is 9.33. The van der Waals surface area contributed by atoms with Crippen LogP contribution in [0.2, 0.25) is 0 Å². The van der Waals surface area contributed by atoms with Crippen LogP contribution < -0.4 is 5.32 Å². The Balaban J connectivity index is 1.16. The molecule has 6 aliphatic carbocycles. The maximum atomic E-state index is 14.0. The Bertz CT molecular complexity index is 1650. The molecule has 1 heterocycles. The summed E-state index contributed by atoms with van der Waals surface area (Å²) in [6, 6.07) is 0. The monoisotopic (exact) mass is 756 g/mol. The van der Waals surface area contributed by atoms with Gasteiger partial charge in [-0.1, -0.05) is 70.1 Å². The summed E-state index contributed by atoms with van der Waals surface area (Å²) < 4.78 is 25.4. The van der Waals surface area contributed by atoms with Crippen LogP contribution in [0.15, 0.2) is 34.4 Å². The molecule has 0 aromatic rings. The molecule has 0 bridgehead atoms. The minimum atomic E-state index is -1.27. The molecule has 0 aromatic heterocycles. The molecule has 0 spiro atoms. The Morgan fingerprint density at radius 1 is 1.00 bits per heavy atom. The van der Waals surface area contributed by atoms with Crippen LogP contribution in [0, 0.1) is 50.7 Å². The second kappa shape index (κ2) is 13.7. The molecule has 3 saturated carbocycles. The number of carbonyl (C=O) groups is 2. The molecule has 0 radical (unpaired) electrons. The minimum absolute atomic E-state index is 0.0255. The third-order valence-electron chi connectivity index (χ3n) is 16.9. The second-order valence-corrected chi connectivity index (χ2v) is 23.3.